The van der Waals surface area contributed by atoms with Crippen molar-refractivity contribution in [2.75, 3.05) is 25.0 Å². The van der Waals surface area contributed by atoms with E-state index in [9.17, 15) is 32.5 Å². The van der Waals surface area contributed by atoms with E-state index in [1.807, 2.05) is 0 Å². The largest absolute Gasteiger partial charge is 0.399 e. The second-order valence-corrected chi connectivity index (χ2v) is 14.8. The molecule has 3 atom stereocenters. The number of amides is 4. The molecule has 246 valence electrons. The summed E-state index contributed by atoms with van der Waals surface area (Å²) in [7, 11) is -4.25. The van der Waals surface area contributed by atoms with Crippen molar-refractivity contribution in [3.05, 3.63) is 63.0 Å². The lowest BCUT2D eigenvalue weighted by Crippen LogP contribution is -2.61. The maximum atomic E-state index is 14.3. The van der Waals surface area contributed by atoms with Crippen LogP contribution in [0.4, 0.5) is 14.5 Å². The van der Waals surface area contributed by atoms with Gasteiger partial charge in [0, 0.05) is 49.1 Å². The Kier molecular flexibility index (Phi) is 9.53. The summed E-state index contributed by atoms with van der Waals surface area (Å²) >= 11 is 13.1. The maximum Gasteiger partial charge on any atom is 0.399 e. The molecule has 0 aliphatic carbocycles. The fraction of sp³-hybridized carbons (Fsp3) is 0.379. The lowest BCUT2D eigenvalue weighted by Gasteiger charge is -2.39. The van der Waals surface area contributed by atoms with Crippen molar-refractivity contribution < 1.29 is 42.3 Å². The number of hydrogen-bond acceptors (Lipinski definition) is 6. The van der Waals surface area contributed by atoms with Gasteiger partial charge < -0.3 is 29.8 Å². The molecule has 2 aliphatic rings. The van der Waals surface area contributed by atoms with Gasteiger partial charge in [0.15, 0.2) is 0 Å². The van der Waals surface area contributed by atoms with Crippen molar-refractivity contribution >= 4 is 81.5 Å². The van der Waals surface area contributed by atoms with E-state index in [4.69, 9.17) is 33.0 Å². The monoisotopic (exact) mass is 716 g/mol. The second kappa shape index (κ2) is 12.8. The van der Waals surface area contributed by atoms with Gasteiger partial charge in [-0.05, 0) is 61.0 Å². The Balaban J connectivity index is 1.41. The first-order valence-electron chi connectivity index (χ1n) is 14.1. The van der Waals surface area contributed by atoms with Crippen molar-refractivity contribution in [1.82, 2.24) is 15.1 Å². The molecule has 11 nitrogen and oxygen atoms in total. The van der Waals surface area contributed by atoms with Crippen molar-refractivity contribution in [3.8, 4) is 0 Å². The van der Waals surface area contributed by atoms with Crippen LogP contribution in [-0.2, 0) is 24.6 Å². The molecule has 0 spiro atoms. The molecule has 3 aromatic rings. The quantitative estimate of drug-likeness (QED) is 0.310. The van der Waals surface area contributed by atoms with Gasteiger partial charge in [0.1, 0.15) is 12.1 Å². The van der Waals surface area contributed by atoms with E-state index in [1.54, 1.807) is 25.2 Å². The fourth-order valence-electron chi connectivity index (χ4n) is 5.79. The van der Waals surface area contributed by atoms with Crippen molar-refractivity contribution in [3.63, 3.8) is 0 Å². The normalized spacial score (nSPS) is 20.7. The van der Waals surface area contributed by atoms with Gasteiger partial charge in [-0.2, -0.15) is 8.78 Å². The molecule has 3 N–H and O–H groups in total. The van der Waals surface area contributed by atoms with Crippen LogP contribution in [0.15, 0.2) is 42.5 Å². The summed E-state index contributed by atoms with van der Waals surface area (Å²) in [5.41, 5.74) is -4.87. The number of benzene rings is 2. The zero-order valence-corrected chi connectivity index (χ0v) is 27.7. The summed E-state index contributed by atoms with van der Waals surface area (Å²) in [6.07, 6.45) is 1.30. The zero-order chi connectivity index (χ0) is 33.7. The third-order valence-corrected chi connectivity index (χ3v) is 11.1. The Morgan fingerprint density at radius 1 is 1.07 bits per heavy atom. The van der Waals surface area contributed by atoms with Gasteiger partial charge >= 0.3 is 13.3 Å². The summed E-state index contributed by atoms with van der Waals surface area (Å²) in [6, 6.07) is 6.55. The predicted octanol–water partition coefficient (Wildman–Crippen LogP) is 4.81. The third kappa shape index (κ3) is 6.51. The smallest absolute Gasteiger partial charge is 0.340 e. The summed E-state index contributed by atoms with van der Waals surface area (Å²) in [5.74, 6) is -1.94. The van der Waals surface area contributed by atoms with Crippen LogP contribution in [0.3, 0.4) is 0 Å². The summed E-state index contributed by atoms with van der Waals surface area (Å²) in [4.78, 5) is 76.3. The van der Waals surface area contributed by atoms with Crippen LogP contribution < -0.4 is 10.2 Å². The van der Waals surface area contributed by atoms with Crippen LogP contribution in [-0.4, -0.2) is 81.5 Å². The van der Waals surface area contributed by atoms with Crippen LogP contribution in [0.5, 0.6) is 0 Å². The van der Waals surface area contributed by atoms with Crippen molar-refractivity contribution in [2.45, 2.75) is 50.0 Å². The van der Waals surface area contributed by atoms with Gasteiger partial charge in [-0.15, -0.1) is 11.3 Å². The van der Waals surface area contributed by atoms with Gasteiger partial charge in [-0.1, -0.05) is 29.3 Å². The number of carbonyl (C=O) groups excluding carboxylic acids is 4. The average molecular weight is 718 g/mol. The summed E-state index contributed by atoms with van der Waals surface area (Å²) < 4.78 is 40.3. The van der Waals surface area contributed by atoms with Crippen LogP contribution in [0.25, 0.3) is 10.1 Å². The first-order chi connectivity index (χ1) is 21.5. The molecule has 2 saturated heterocycles. The number of thiophene rings is 1. The highest BCUT2D eigenvalue weighted by atomic mass is 35.5. The number of carbonyl (C=O) groups is 4. The first kappa shape index (κ1) is 34.2. The van der Waals surface area contributed by atoms with Gasteiger partial charge in [-0.25, -0.2) is 0 Å². The van der Waals surface area contributed by atoms with Gasteiger partial charge in [0.05, 0.1) is 14.9 Å². The van der Waals surface area contributed by atoms with E-state index in [2.05, 4.69) is 5.32 Å². The number of rotatable bonds is 6. The molecular weight excluding hydrogens is 688 g/mol. The first-order valence-corrected chi connectivity index (χ1v) is 17.3. The van der Waals surface area contributed by atoms with Gasteiger partial charge in [-0.3, -0.25) is 23.7 Å². The van der Waals surface area contributed by atoms with E-state index in [0.29, 0.717) is 41.2 Å². The van der Waals surface area contributed by atoms with Crippen molar-refractivity contribution in [1.29, 1.82) is 0 Å². The Bertz CT molecular complexity index is 1790. The zero-order valence-electron chi connectivity index (χ0n) is 24.5. The number of likely N-dealkylation sites (N-methyl/N-ethyl adjacent to an activating group) is 1. The van der Waals surface area contributed by atoms with E-state index in [1.165, 1.54) is 33.8 Å². The molecule has 2 aromatic carbocycles. The highest BCUT2D eigenvalue weighted by Gasteiger charge is 2.50. The summed E-state index contributed by atoms with van der Waals surface area (Å²) in [5, 5.41) is 3.39. The molecule has 5 rings (SSSR count). The van der Waals surface area contributed by atoms with Gasteiger partial charge in [0.25, 0.3) is 5.91 Å². The molecule has 46 heavy (non-hydrogen) atoms. The maximum absolute atomic E-state index is 14.3. The van der Waals surface area contributed by atoms with E-state index in [-0.39, 0.29) is 39.7 Å². The summed E-state index contributed by atoms with van der Waals surface area (Å²) in [6.45, 7) is 1.49. The van der Waals surface area contributed by atoms with E-state index >= 15 is 0 Å². The molecule has 2 fully saturated rings. The molecular formula is C29H29Cl2F2N4O7PS. The molecule has 0 bridgehead atoms. The highest BCUT2D eigenvalue weighted by Crippen LogP contribution is 2.59. The SMILES string of the molecule is CC(=O)N1CC[C@H]2CC[C@@H](C(=O)N(C)c3ccc(Cl)c(Cl)c3)N2C(=O)[C@@H](NC(=O)c2cc3cc(C(F)(F)P(=O)(O)O)ccc3s2)C1. The van der Waals surface area contributed by atoms with Crippen LogP contribution in [0.1, 0.15) is 41.4 Å². The second-order valence-electron chi connectivity index (χ2n) is 11.2. The molecule has 4 amide bonds. The lowest BCUT2D eigenvalue weighted by atomic mass is 10.1. The Morgan fingerprint density at radius 3 is 2.43 bits per heavy atom. The highest BCUT2D eigenvalue weighted by molar-refractivity contribution is 7.52. The standard InChI is InChI=1S/C29H29Cl2F2N4O7PS/c1-15(38)36-10-9-18-5-7-23(28(41)35(2)19-4-6-20(30)21(31)13-19)37(18)27(40)22(14-36)34-26(39)25-12-16-11-17(3-8-24(16)46-25)29(32,33)45(42,43)44/h3-4,6,8,11-13,18,22-23H,5,7,9-10,14H2,1-2H3,(H,34,39)(H2,42,43,44)/t18-,22+,23+/m1/s1. The predicted molar refractivity (Wildman–Crippen MR) is 169 cm³/mol. The Hall–Kier alpha value is -3.13. The molecule has 17 heteroatoms. The fourth-order valence-corrected chi connectivity index (χ4v) is 7.51. The van der Waals surface area contributed by atoms with Gasteiger partial charge in [0.2, 0.25) is 17.7 Å². The van der Waals surface area contributed by atoms with E-state index in [0.717, 1.165) is 23.5 Å². The lowest BCUT2D eigenvalue weighted by molar-refractivity contribution is -0.144. The number of fused-ring (bicyclic) bond motifs is 2. The minimum absolute atomic E-state index is 0.0424. The number of anilines is 1. The Labute approximate surface area is 276 Å². The number of nitrogens with one attached hydrogen (secondary N) is 1. The number of halogens is 4. The molecule has 2 aliphatic heterocycles. The third-order valence-electron chi connectivity index (χ3n) is 8.30. The molecule has 0 radical (unpaired) electrons. The molecule has 3 heterocycles. The minimum Gasteiger partial charge on any atom is -0.340 e. The topological polar surface area (TPSA) is 148 Å². The molecule has 0 saturated carbocycles. The molecule has 1 aromatic heterocycles. The van der Waals surface area contributed by atoms with Crippen molar-refractivity contribution in [2.24, 2.45) is 0 Å². The average Bonchev–Trinajstić information content (AvgIpc) is 3.61. The van der Waals surface area contributed by atoms with E-state index < -0.39 is 42.7 Å². The number of nitrogens with zero attached hydrogens (tertiary/aromatic N) is 3. The minimum atomic E-state index is -5.81. The van der Waals surface area contributed by atoms with Crippen LogP contribution in [0, 0.1) is 0 Å². The van der Waals surface area contributed by atoms with Crippen LogP contribution in [0.2, 0.25) is 10.0 Å². The molecule has 0 unspecified atom stereocenters. The number of hydrogen-bond donors (Lipinski definition) is 3. The Morgan fingerprint density at radius 2 is 1.78 bits per heavy atom. The number of alkyl halides is 2. The van der Waals surface area contributed by atoms with Crippen LogP contribution >= 0.6 is 42.1 Å².